The molecule has 0 aliphatic carbocycles. The Balaban J connectivity index is 2.00. The van der Waals surface area contributed by atoms with Crippen LogP contribution in [0.2, 0.25) is 5.02 Å². The Labute approximate surface area is 152 Å². The van der Waals surface area contributed by atoms with Crippen LogP contribution in [-0.4, -0.2) is 25.5 Å². The number of rotatable bonds is 6. The van der Waals surface area contributed by atoms with Gasteiger partial charge in [-0.3, -0.25) is 9.59 Å². The number of carbonyl (C=O) groups excluding carboxylic acids is 2. The summed E-state index contributed by atoms with van der Waals surface area (Å²) in [5.74, 6) is 0.435. The van der Waals surface area contributed by atoms with Crippen molar-refractivity contribution in [2.75, 3.05) is 23.9 Å². The summed E-state index contributed by atoms with van der Waals surface area (Å²) in [5.41, 5.74) is 2.33. The summed E-state index contributed by atoms with van der Waals surface area (Å²) in [4.78, 5) is 25.7. The van der Waals surface area contributed by atoms with Gasteiger partial charge in [0.25, 0.3) is 0 Å². The molecular weight excluding hydrogens is 340 g/mol. The number of methoxy groups -OCH3 is 1. The summed E-state index contributed by atoms with van der Waals surface area (Å²) in [5, 5.41) is 3.42. The highest BCUT2D eigenvalue weighted by atomic mass is 35.5. The first-order valence-corrected chi connectivity index (χ1v) is 8.26. The zero-order valence-corrected chi connectivity index (χ0v) is 15.3. The van der Waals surface area contributed by atoms with E-state index in [4.69, 9.17) is 16.3 Å². The number of hydrogen-bond donors (Lipinski definition) is 1. The summed E-state index contributed by atoms with van der Waals surface area (Å²) in [6.07, 6.45) is 0.188. The fourth-order valence-corrected chi connectivity index (χ4v) is 2.71. The van der Waals surface area contributed by atoms with E-state index in [0.717, 1.165) is 17.0 Å². The normalized spacial score (nSPS) is 10.2. The minimum atomic E-state index is -0.164. The number of nitrogens with zero attached hydrogens (tertiary/aromatic N) is 1. The molecule has 25 heavy (non-hydrogen) atoms. The highest BCUT2D eigenvalue weighted by Crippen LogP contribution is 2.24. The zero-order chi connectivity index (χ0) is 18.4. The Bertz CT molecular complexity index is 760. The van der Waals surface area contributed by atoms with Gasteiger partial charge in [0.1, 0.15) is 5.75 Å². The van der Waals surface area contributed by atoms with Gasteiger partial charge in [0.2, 0.25) is 11.8 Å². The molecule has 5 nitrogen and oxygen atoms in total. The Morgan fingerprint density at radius 1 is 1.16 bits per heavy atom. The third kappa shape index (κ3) is 5.22. The lowest BCUT2D eigenvalue weighted by atomic mass is 10.1. The fourth-order valence-electron chi connectivity index (χ4n) is 2.48. The maximum Gasteiger partial charge on any atom is 0.226 e. The fraction of sp³-hybridized carbons (Fsp3) is 0.263. The molecule has 0 aromatic heterocycles. The average molecular weight is 361 g/mol. The molecule has 6 heteroatoms. The second-order valence-corrected chi connectivity index (χ2v) is 6.06. The molecule has 0 unspecified atom stereocenters. The molecule has 132 valence electrons. The Kier molecular flexibility index (Phi) is 6.42. The number of benzene rings is 2. The van der Waals surface area contributed by atoms with Gasteiger partial charge in [0.15, 0.2) is 0 Å². The van der Waals surface area contributed by atoms with Crippen LogP contribution in [0.25, 0.3) is 0 Å². The summed E-state index contributed by atoms with van der Waals surface area (Å²) in [7, 11) is 1.59. The van der Waals surface area contributed by atoms with Crippen LogP contribution in [0.1, 0.15) is 18.9 Å². The van der Waals surface area contributed by atoms with Crippen LogP contribution >= 0.6 is 11.6 Å². The molecule has 0 aliphatic heterocycles. The predicted molar refractivity (Wildman–Crippen MR) is 100 cm³/mol. The van der Waals surface area contributed by atoms with Crippen molar-refractivity contribution in [2.24, 2.45) is 0 Å². The number of nitrogens with one attached hydrogen (secondary N) is 1. The topological polar surface area (TPSA) is 58.6 Å². The smallest absolute Gasteiger partial charge is 0.226 e. The van der Waals surface area contributed by atoms with E-state index < -0.39 is 0 Å². The lowest BCUT2D eigenvalue weighted by Gasteiger charge is -2.23. The van der Waals surface area contributed by atoms with E-state index in [-0.39, 0.29) is 18.2 Å². The molecular formula is C19H21ClN2O3. The number of halogens is 1. The van der Waals surface area contributed by atoms with E-state index in [1.165, 1.54) is 6.92 Å². The first-order chi connectivity index (χ1) is 11.9. The second kappa shape index (κ2) is 8.53. The van der Waals surface area contributed by atoms with Crippen LogP contribution in [0.3, 0.4) is 0 Å². The van der Waals surface area contributed by atoms with Crippen LogP contribution in [-0.2, 0) is 9.59 Å². The number of carbonyl (C=O) groups is 2. The SMILES string of the molecule is COc1ccc(NC(=O)CCN(C(C)=O)c2ccc(Cl)cc2C)cc1. The zero-order valence-electron chi connectivity index (χ0n) is 14.5. The minimum absolute atomic E-state index is 0.123. The second-order valence-electron chi connectivity index (χ2n) is 5.63. The molecule has 0 saturated heterocycles. The highest BCUT2D eigenvalue weighted by Gasteiger charge is 2.15. The van der Waals surface area contributed by atoms with Crippen LogP contribution in [0.5, 0.6) is 5.75 Å². The van der Waals surface area contributed by atoms with Gasteiger partial charge in [-0.05, 0) is 55.0 Å². The molecule has 0 bridgehead atoms. The van der Waals surface area contributed by atoms with Gasteiger partial charge in [-0.2, -0.15) is 0 Å². The third-order valence-corrected chi connectivity index (χ3v) is 4.00. The minimum Gasteiger partial charge on any atom is -0.497 e. The molecule has 2 aromatic carbocycles. The van der Waals surface area contributed by atoms with Crippen molar-refractivity contribution in [1.82, 2.24) is 0 Å². The van der Waals surface area contributed by atoms with Gasteiger partial charge in [0.05, 0.1) is 7.11 Å². The Morgan fingerprint density at radius 3 is 2.40 bits per heavy atom. The van der Waals surface area contributed by atoms with Crippen molar-refractivity contribution in [1.29, 1.82) is 0 Å². The number of anilines is 2. The van der Waals surface area contributed by atoms with Crippen LogP contribution in [0.15, 0.2) is 42.5 Å². The molecule has 0 aliphatic rings. The molecule has 0 spiro atoms. The quantitative estimate of drug-likeness (QED) is 0.845. The molecule has 2 rings (SSSR count). The van der Waals surface area contributed by atoms with Crippen molar-refractivity contribution in [3.05, 3.63) is 53.1 Å². The van der Waals surface area contributed by atoms with Crippen molar-refractivity contribution >= 4 is 34.8 Å². The largest absolute Gasteiger partial charge is 0.497 e. The van der Waals surface area contributed by atoms with Crippen LogP contribution in [0, 0.1) is 6.92 Å². The van der Waals surface area contributed by atoms with Crippen LogP contribution < -0.4 is 15.0 Å². The number of aryl methyl sites for hydroxylation is 1. The van der Waals surface area contributed by atoms with Gasteiger partial charge in [-0.1, -0.05) is 11.6 Å². The number of amides is 2. The van der Waals surface area contributed by atoms with Crippen LogP contribution in [0.4, 0.5) is 11.4 Å². The predicted octanol–water partition coefficient (Wildman–Crippen LogP) is 4.04. The number of ether oxygens (including phenoxy) is 1. The maximum atomic E-state index is 12.2. The summed E-state index contributed by atoms with van der Waals surface area (Å²) in [6, 6.07) is 12.4. The monoisotopic (exact) mass is 360 g/mol. The first kappa shape index (κ1) is 18.8. The van der Waals surface area contributed by atoms with E-state index in [0.29, 0.717) is 17.3 Å². The molecule has 2 amide bonds. The van der Waals surface area contributed by atoms with Crippen molar-refractivity contribution in [2.45, 2.75) is 20.3 Å². The standard InChI is InChI=1S/C19H21ClN2O3/c1-13-12-15(20)4-9-18(13)22(14(2)23)11-10-19(24)21-16-5-7-17(25-3)8-6-16/h4-9,12H,10-11H2,1-3H3,(H,21,24). The molecule has 0 heterocycles. The first-order valence-electron chi connectivity index (χ1n) is 7.89. The lowest BCUT2D eigenvalue weighted by Crippen LogP contribution is -2.32. The van der Waals surface area contributed by atoms with Gasteiger partial charge in [0, 0.05) is 36.3 Å². The highest BCUT2D eigenvalue weighted by molar-refractivity contribution is 6.30. The van der Waals surface area contributed by atoms with Gasteiger partial charge < -0.3 is 15.0 Å². The van der Waals surface area contributed by atoms with Crippen molar-refractivity contribution in [3.8, 4) is 5.75 Å². The molecule has 0 radical (unpaired) electrons. The maximum absolute atomic E-state index is 12.2. The Morgan fingerprint density at radius 2 is 1.84 bits per heavy atom. The summed E-state index contributed by atoms with van der Waals surface area (Å²) in [6.45, 7) is 3.66. The summed E-state index contributed by atoms with van der Waals surface area (Å²) < 4.78 is 5.08. The molecule has 0 atom stereocenters. The molecule has 0 fully saturated rings. The van der Waals surface area contributed by atoms with Gasteiger partial charge in [-0.25, -0.2) is 0 Å². The number of hydrogen-bond acceptors (Lipinski definition) is 3. The summed E-state index contributed by atoms with van der Waals surface area (Å²) >= 11 is 5.96. The van der Waals surface area contributed by atoms with E-state index >= 15 is 0 Å². The van der Waals surface area contributed by atoms with Gasteiger partial charge >= 0.3 is 0 Å². The van der Waals surface area contributed by atoms with Gasteiger partial charge in [-0.15, -0.1) is 0 Å². The molecule has 0 saturated carbocycles. The molecule has 1 N–H and O–H groups in total. The van der Waals surface area contributed by atoms with Crippen molar-refractivity contribution in [3.63, 3.8) is 0 Å². The molecule has 2 aromatic rings. The Hall–Kier alpha value is -2.53. The van der Waals surface area contributed by atoms with E-state index in [2.05, 4.69) is 5.32 Å². The third-order valence-electron chi connectivity index (χ3n) is 3.77. The van der Waals surface area contributed by atoms with Crippen molar-refractivity contribution < 1.29 is 14.3 Å². The van der Waals surface area contributed by atoms with E-state index in [9.17, 15) is 9.59 Å². The average Bonchev–Trinajstić information content (AvgIpc) is 2.57. The lowest BCUT2D eigenvalue weighted by molar-refractivity contribution is -0.117. The van der Waals surface area contributed by atoms with E-state index in [1.54, 1.807) is 54.5 Å². The van der Waals surface area contributed by atoms with E-state index in [1.807, 2.05) is 6.92 Å².